The summed E-state index contributed by atoms with van der Waals surface area (Å²) in [7, 11) is -29.2. The summed E-state index contributed by atoms with van der Waals surface area (Å²) in [5.74, 6) is -10.1. The first-order valence-corrected chi connectivity index (χ1v) is 35.8. The lowest BCUT2D eigenvalue weighted by Gasteiger charge is -2.51. The summed E-state index contributed by atoms with van der Waals surface area (Å²) in [5.41, 5.74) is 0. The van der Waals surface area contributed by atoms with E-state index in [-0.39, 0.29) is 0 Å². The zero-order valence-corrected chi connectivity index (χ0v) is 57.0. The minimum absolute atomic E-state index is 0.658. The van der Waals surface area contributed by atoms with Crippen LogP contribution in [0, 0.1) is 0 Å². The fourth-order valence-electron chi connectivity index (χ4n) is 10.8. The number of hydrogen-bond acceptors (Lipinski definition) is 45. The number of carbonyl (C=O) groups is 6. The van der Waals surface area contributed by atoms with Crippen LogP contribution in [0.2, 0.25) is 0 Å². The summed E-state index contributed by atoms with van der Waals surface area (Å²) in [6.45, 7) is -1.49. The lowest BCUT2D eigenvalue weighted by Crippen LogP contribution is -2.72. The molecular weight excluding hydrogens is 1570 g/mol. The minimum atomic E-state index is -5.72. The molecule has 16 N–H and O–H groups in total. The molecule has 12 unspecified atom stereocenters. The third kappa shape index (κ3) is 23.9. The minimum Gasteiger partial charge on any atom is -0.479 e. The first-order valence-electron chi connectivity index (χ1n) is 28.4. The van der Waals surface area contributed by atoms with Gasteiger partial charge in [-0.2, -0.15) is 25.3 Å². The second-order valence-electron chi connectivity index (χ2n) is 22.1. The summed E-state index contributed by atoms with van der Waals surface area (Å²) in [6, 6.07) is -7.00. The van der Waals surface area contributed by atoms with Gasteiger partial charge in [-0.3, -0.25) is 28.0 Å². The molecule has 103 heavy (non-hydrogen) atoms. The molecule has 0 aromatic carbocycles. The SMILES string of the molecule is CC(=O)NC1C(O)[C@H](OO[SH](=O)=O)[C@H](COS(=O)(=O)O)O[C@H]1O[C@@H]1C(C(=O)O)O[C@@H](O[C@@H]2C(NC(C)=O)[C@H](O[C@H]3C(O)C(O)[C@H](OC4C(NC(C)=O)[C@H](O[C@@H]5C(C(=O)O)O[C@@H](C)C(O)[C@H]5O)O[C@@H](COS(=O)(=O)O)[C@H]4OO[SH](=O)=O)O[C@H]3C(=O)O)OC(COS(=O)(=O)O)[C@@H]2OO[SH](=O)=O)C(O)[C@H]1O. The van der Waals surface area contributed by atoms with E-state index in [1.807, 2.05) is 5.32 Å². The Labute approximate surface area is 581 Å². The maximum atomic E-state index is 13.4. The monoisotopic (exact) mass is 1630 g/mol. The molecule has 0 aromatic heterocycles. The largest absolute Gasteiger partial charge is 0.479 e. The van der Waals surface area contributed by atoms with E-state index in [9.17, 15) is 144 Å². The van der Waals surface area contributed by atoms with Crippen molar-refractivity contribution in [3.63, 3.8) is 0 Å². The second-order valence-corrected chi connectivity index (χ2v) is 27.1. The Balaban J connectivity index is 1.41. The van der Waals surface area contributed by atoms with Crippen LogP contribution < -0.4 is 16.0 Å². The molecule has 6 saturated heterocycles. The third-order valence-electron chi connectivity index (χ3n) is 15.0. The highest BCUT2D eigenvalue weighted by Gasteiger charge is 2.62. The molecule has 0 radical (unpaired) electrons. The Morgan fingerprint density at radius 2 is 0.631 bits per heavy atom. The van der Waals surface area contributed by atoms with Gasteiger partial charge < -0.3 is 119 Å². The van der Waals surface area contributed by atoms with Crippen molar-refractivity contribution in [2.24, 2.45) is 0 Å². The lowest BCUT2D eigenvalue weighted by atomic mass is 9.93. The molecule has 54 nitrogen and oxygen atoms in total. The van der Waals surface area contributed by atoms with E-state index in [1.54, 1.807) is 0 Å². The Hall–Kier alpha value is -4.68. The van der Waals surface area contributed by atoms with E-state index in [4.69, 9.17) is 61.9 Å². The molecule has 6 aliphatic rings. The van der Waals surface area contributed by atoms with Gasteiger partial charge in [-0.15, -0.1) is 13.0 Å². The number of hydrogen-bond donors (Lipinski definition) is 19. The predicted octanol–water partition coefficient (Wildman–Crippen LogP) is -14.4. The van der Waals surface area contributed by atoms with Gasteiger partial charge in [0.1, 0.15) is 110 Å². The van der Waals surface area contributed by atoms with Crippen molar-refractivity contribution in [2.45, 2.75) is 212 Å². The number of rotatable bonds is 34. The first kappa shape index (κ1) is 87.2. The van der Waals surface area contributed by atoms with E-state index < -0.39 is 303 Å². The normalized spacial score (nSPS) is 39.1. The molecule has 0 bridgehead atoms. The molecular formula is C43H67N3O51S6. The van der Waals surface area contributed by atoms with Crippen LogP contribution in [-0.2, 0) is 185 Å². The summed E-state index contributed by atoms with van der Waals surface area (Å²) in [6.07, 6.45) is -68.9. The summed E-state index contributed by atoms with van der Waals surface area (Å²) in [4.78, 5) is 92.0. The molecule has 30 atom stereocenters. The van der Waals surface area contributed by atoms with Crippen molar-refractivity contribution in [2.75, 3.05) is 19.8 Å². The van der Waals surface area contributed by atoms with Crippen molar-refractivity contribution in [1.82, 2.24) is 16.0 Å². The summed E-state index contributed by atoms with van der Waals surface area (Å²) < 4.78 is 257. The maximum Gasteiger partial charge on any atom is 0.397 e. The van der Waals surface area contributed by atoms with Gasteiger partial charge in [0.05, 0.1) is 25.9 Å². The van der Waals surface area contributed by atoms with Gasteiger partial charge >= 0.3 is 49.1 Å². The van der Waals surface area contributed by atoms with Crippen LogP contribution in [0.25, 0.3) is 0 Å². The number of thiol groups is 3. The molecule has 0 saturated carbocycles. The number of nitrogens with one attached hydrogen (secondary N) is 3. The predicted molar refractivity (Wildman–Crippen MR) is 301 cm³/mol. The van der Waals surface area contributed by atoms with Crippen molar-refractivity contribution in [3.8, 4) is 0 Å². The number of aliphatic hydroxyl groups is 7. The number of amides is 3. The Morgan fingerprint density at radius 1 is 0.359 bits per heavy atom. The third-order valence-corrected chi connectivity index (χ3v) is 16.9. The van der Waals surface area contributed by atoms with Crippen LogP contribution in [0.1, 0.15) is 27.7 Å². The van der Waals surface area contributed by atoms with Crippen molar-refractivity contribution >= 4 is 99.8 Å². The van der Waals surface area contributed by atoms with Crippen molar-refractivity contribution in [1.29, 1.82) is 0 Å². The van der Waals surface area contributed by atoms with E-state index in [1.165, 1.54) is 0 Å². The molecule has 0 spiro atoms. The highest BCUT2D eigenvalue weighted by molar-refractivity contribution is 7.81. The van der Waals surface area contributed by atoms with Crippen LogP contribution in [0.4, 0.5) is 0 Å². The van der Waals surface area contributed by atoms with E-state index in [0.29, 0.717) is 6.92 Å². The maximum absolute atomic E-state index is 13.4. The molecule has 6 rings (SSSR count). The van der Waals surface area contributed by atoms with Gasteiger partial charge in [0.2, 0.25) is 17.7 Å². The van der Waals surface area contributed by atoms with Gasteiger partial charge in [0.15, 0.2) is 68.1 Å². The van der Waals surface area contributed by atoms with Gasteiger partial charge in [-0.05, 0) is 6.92 Å². The molecule has 6 heterocycles. The number of carboxylic acid groups (broad SMARTS) is 3. The average Bonchev–Trinajstić information content (AvgIpc) is 0.765. The zero-order valence-electron chi connectivity index (χ0n) is 51.8. The van der Waals surface area contributed by atoms with Gasteiger partial charge in [-0.25, -0.2) is 66.8 Å². The molecule has 0 aliphatic carbocycles. The fraction of sp³-hybridized carbons (Fsp3) is 0.860. The number of aliphatic hydroxyl groups excluding tert-OH is 7. The van der Waals surface area contributed by atoms with Crippen LogP contribution in [0.3, 0.4) is 0 Å². The van der Waals surface area contributed by atoms with Crippen molar-refractivity contribution < 1.29 is 236 Å². The molecule has 596 valence electrons. The first-order chi connectivity index (χ1) is 47.7. The fourth-order valence-corrected chi connectivity index (χ4v) is 12.2. The Morgan fingerprint density at radius 3 is 0.932 bits per heavy atom. The highest BCUT2D eigenvalue weighted by Crippen LogP contribution is 2.39. The molecule has 6 aliphatic heterocycles. The molecule has 60 heteroatoms. The number of carbonyl (C=O) groups excluding carboxylic acids is 3. The standard InChI is InChI=1S/C43H67N3O51S6/c1-8-18(50)20(52)30(33(81-8)36(57)58)88-40-16(45-10(3)48)28(26(93-96-99(65)66)13(83-40)6-79-102(72,73)74)85-43-24(56)22(54)32(35(91-43)38(61)62)89-41-17(46-11(4)49)29(27(94-97-100(67)68)14(84-41)7-80-103(75,76)77)86-42-23(55)21(53)31(34(90-42)37(59)60)87-39-15(44-9(2)47)19(51)25(92-95-98(63)64)12(82-39)5-78-101(69,70)71/h8,12-35,39-43,50-56,98-100H,5-7H2,1-4H3,(H,44,47)(H,45,48)(H,46,49)(H,57,58)(H,59,60)(H,61,62)(H,69,70,71)(H,72,73,74)(H,75,76,77)/t8-,12-,13-,14?,15?,16?,17?,18?,19?,20+,21+,22?,23?,24?,25+,26+,27-,28?,29+,30-,31-,32-,33?,34?,35+,39-,40-,41-,42+,43+/m0/s1. The number of carboxylic acids is 3. The lowest BCUT2D eigenvalue weighted by molar-refractivity contribution is -0.400. The van der Waals surface area contributed by atoms with E-state index in [2.05, 4.69) is 41.1 Å². The summed E-state index contributed by atoms with van der Waals surface area (Å²) >= 11 is 0. The number of aliphatic carboxylic acids is 3. The highest BCUT2D eigenvalue weighted by atomic mass is 32.3. The second kappa shape index (κ2) is 36.9. The van der Waals surface area contributed by atoms with Crippen LogP contribution in [-0.4, -0.2) is 355 Å². The van der Waals surface area contributed by atoms with Crippen LogP contribution in [0.15, 0.2) is 0 Å². The van der Waals surface area contributed by atoms with Gasteiger partial charge in [0, 0.05) is 20.8 Å². The van der Waals surface area contributed by atoms with Crippen LogP contribution in [0.5, 0.6) is 0 Å². The average molecular weight is 1630 g/mol. The van der Waals surface area contributed by atoms with E-state index >= 15 is 0 Å². The Kier molecular flexibility index (Phi) is 31.3. The quantitative estimate of drug-likeness (QED) is 0.0123. The topological polar surface area (TPSA) is 791 Å². The number of ether oxygens (including phenoxy) is 11. The van der Waals surface area contributed by atoms with Crippen molar-refractivity contribution in [3.05, 3.63) is 0 Å². The smallest absolute Gasteiger partial charge is 0.397 e. The summed E-state index contributed by atoms with van der Waals surface area (Å²) in [5, 5.41) is 118. The Bertz CT molecular complexity index is 3540. The van der Waals surface area contributed by atoms with E-state index in [0.717, 1.165) is 20.8 Å². The van der Waals surface area contributed by atoms with Crippen LogP contribution >= 0.6 is 0 Å². The zero-order chi connectivity index (χ0) is 77.4. The molecule has 3 amide bonds. The molecule has 6 fully saturated rings. The van der Waals surface area contributed by atoms with Gasteiger partial charge in [0.25, 0.3) is 33.0 Å². The van der Waals surface area contributed by atoms with Gasteiger partial charge in [-0.1, -0.05) is 0 Å². The molecule has 0 aromatic rings.